The van der Waals surface area contributed by atoms with Crippen LogP contribution in [0.3, 0.4) is 0 Å². The minimum Gasteiger partial charge on any atom is -0.329 e. The molecule has 3 nitrogen and oxygen atoms in total. The Labute approximate surface area is 71.6 Å². The number of pyridine rings is 1. The summed E-state index contributed by atoms with van der Waals surface area (Å²) in [4.78, 5) is 13.3. The normalized spacial score (nSPS) is 13.3. The van der Waals surface area contributed by atoms with Gasteiger partial charge in [-0.1, -0.05) is 19.9 Å². The Balaban J connectivity index is 2.89. The van der Waals surface area contributed by atoms with Gasteiger partial charge < -0.3 is 10.7 Å². The molecule has 0 saturated heterocycles. The lowest BCUT2D eigenvalue weighted by atomic mass is 9.99. The van der Waals surface area contributed by atoms with Crippen LogP contribution in [0, 0.1) is 5.92 Å². The van der Waals surface area contributed by atoms with Gasteiger partial charge >= 0.3 is 0 Å². The molecule has 0 bridgehead atoms. The average molecular weight is 166 g/mol. The molecule has 66 valence electrons. The average Bonchev–Trinajstić information content (AvgIpc) is 2.04. The first-order valence-corrected chi connectivity index (χ1v) is 4.05. The molecule has 1 heterocycles. The zero-order valence-corrected chi connectivity index (χ0v) is 7.37. The van der Waals surface area contributed by atoms with Crippen LogP contribution in [0.4, 0.5) is 0 Å². The van der Waals surface area contributed by atoms with E-state index < -0.39 is 0 Å². The quantitative estimate of drug-likeness (QED) is 0.689. The zero-order chi connectivity index (χ0) is 9.14. The smallest absolute Gasteiger partial charge is 0.247 e. The Morgan fingerprint density at radius 2 is 2.08 bits per heavy atom. The van der Waals surface area contributed by atoms with Crippen molar-refractivity contribution in [3.8, 4) is 0 Å². The fourth-order valence-electron chi connectivity index (χ4n) is 1.01. The first-order chi connectivity index (χ1) is 5.61. The molecule has 1 aromatic heterocycles. The summed E-state index contributed by atoms with van der Waals surface area (Å²) in [6.45, 7) is 4.10. The van der Waals surface area contributed by atoms with Gasteiger partial charge in [0.05, 0.1) is 0 Å². The van der Waals surface area contributed by atoms with Crippen LogP contribution in [0.2, 0.25) is 0 Å². The summed E-state index contributed by atoms with van der Waals surface area (Å²) in [6.07, 6.45) is 1.67. The molecular formula is C9H14N2O. The van der Waals surface area contributed by atoms with E-state index in [2.05, 4.69) is 18.8 Å². The van der Waals surface area contributed by atoms with Crippen LogP contribution >= 0.6 is 0 Å². The SMILES string of the molecule is CC(C)[C@@H](N)c1ccc(=O)[nH]c1. The molecule has 0 unspecified atom stereocenters. The maximum Gasteiger partial charge on any atom is 0.247 e. The van der Waals surface area contributed by atoms with Crippen LogP contribution in [0.25, 0.3) is 0 Å². The van der Waals surface area contributed by atoms with E-state index in [1.165, 1.54) is 6.07 Å². The molecule has 0 radical (unpaired) electrons. The third-order valence-electron chi connectivity index (χ3n) is 1.91. The van der Waals surface area contributed by atoms with Gasteiger partial charge in [-0.2, -0.15) is 0 Å². The van der Waals surface area contributed by atoms with Gasteiger partial charge in [0.2, 0.25) is 5.56 Å². The van der Waals surface area contributed by atoms with Gasteiger partial charge in [-0.05, 0) is 11.5 Å². The first kappa shape index (κ1) is 9.00. The summed E-state index contributed by atoms with van der Waals surface area (Å²) >= 11 is 0. The lowest BCUT2D eigenvalue weighted by Gasteiger charge is -2.14. The van der Waals surface area contributed by atoms with Crippen LogP contribution in [-0.2, 0) is 0 Å². The van der Waals surface area contributed by atoms with Crippen molar-refractivity contribution >= 4 is 0 Å². The van der Waals surface area contributed by atoms with E-state index in [-0.39, 0.29) is 11.6 Å². The Bertz CT molecular complexity index is 283. The van der Waals surface area contributed by atoms with E-state index in [9.17, 15) is 4.79 Å². The summed E-state index contributed by atoms with van der Waals surface area (Å²) in [6, 6.07) is 3.27. The van der Waals surface area contributed by atoms with Gasteiger partial charge in [0, 0.05) is 18.3 Å². The maximum absolute atomic E-state index is 10.7. The second-order valence-electron chi connectivity index (χ2n) is 3.26. The number of hydrogen-bond acceptors (Lipinski definition) is 2. The Morgan fingerprint density at radius 3 is 2.50 bits per heavy atom. The lowest BCUT2D eigenvalue weighted by Crippen LogP contribution is -2.18. The second-order valence-corrected chi connectivity index (χ2v) is 3.26. The number of aromatic nitrogens is 1. The van der Waals surface area contributed by atoms with Gasteiger partial charge in [-0.3, -0.25) is 4.79 Å². The van der Waals surface area contributed by atoms with Gasteiger partial charge in [-0.15, -0.1) is 0 Å². The molecule has 0 fully saturated rings. The summed E-state index contributed by atoms with van der Waals surface area (Å²) in [5.74, 6) is 0.385. The molecular weight excluding hydrogens is 152 g/mol. The van der Waals surface area contributed by atoms with E-state index in [0.29, 0.717) is 5.92 Å². The molecule has 0 saturated carbocycles. The number of aromatic amines is 1. The number of nitrogens with two attached hydrogens (primary N) is 1. The van der Waals surface area contributed by atoms with E-state index in [1.54, 1.807) is 12.3 Å². The Morgan fingerprint density at radius 1 is 1.42 bits per heavy atom. The predicted molar refractivity (Wildman–Crippen MR) is 48.8 cm³/mol. The topological polar surface area (TPSA) is 58.9 Å². The predicted octanol–water partition coefficient (Wildman–Crippen LogP) is 1.03. The largest absolute Gasteiger partial charge is 0.329 e. The first-order valence-electron chi connectivity index (χ1n) is 4.05. The molecule has 0 aliphatic rings. The third-order valence-corrected chi connectivity index (χ3v) is 1.91. The van der Waals surface area contributed by atoms with Gasteiger partial charge in [-0.25, -0.2) is 0 Å². The standard InChI is InChI=1S/C9H14N2O/c1-6(2)9(10)7-3-4-8(12)11-5-7/h3-6,9H,10H2,1-2H3,(H,11,12)/t9-/m1/s1. The van der Waals surface area contributed by atoms with Crippen molar-refractivity contribution in [2.45, 2.75) is 19.9 Å². The van der Waals surface area contributed by atoms with Crippen molar-refractivity contribution in [1.82, 2.24) is 4.98 Å². The third kappa shape index (κ3) is 1.95. The highest BCUT2D eigenvalue weighted by atomic mass is 16.1. The maximum atomic E-state index is 10.7. The van der Waals surface area contributed by atoms with Crippen molar-refractivity contribution in [1.29, 1.82) is 0 Å². The van der Waals surface area contributed by atoms with Crippen LogP contribution in [-0.4, -0.2) is 4.98 Å². The summed E-state index contributed by atoms with van der Waals surface area (Å²) in [5.41, 5.74) is 6.75. The minimum absolute atomic E-state index is 0.00171. The fraction of sp³-hybridized carbons (Fsp3) is 0.444. The lowest BCUT2D eigenvalue weighted by molar-refractivity contribution is 0.513. The summed E-state index contributed by atoms with van der Waals surface area (Å²) in [7, 11) is 0. The minimum atomic E-state index is -0.0882. The van der Waals surface area contributed by atoms with Gasteiger partial charge in [0.25, 0.3) is 0 Å². The molecule has 12 heavy (non-hydrogen) atoms. The van der Waals surface area contributed by atoms with Crippen molar-refractivity contribution in [3.63, 3.8) is 0 Å². The number of nitrogens with one attached hydrogen (secondary N) is 1. The van der Waals surface area contributed by atoms with Crippen molar-refractivity contribution < 1.29 is 0 Å². The second kappa shape index (κ2) is 3.54. The Kier molecular flexibility index (Phi) is 2.65. The van der Waals surface area contributed by atoms with E-state index in [1.807, 2.05) is 0 Å². The highest BCUT2D eigenvalue weighted by molar-refractivity contribution is 5.13. The van der Waals surface area contributed by atoms with Crippen LogP contribution in [0.15, 0.2) is 23.1 Å². The van der Waals surface area contributed by atoms with Crippen LogP contribution < -0.4 is 11.3 Å². The Hall–Kier alpha value is -1.09. The summed E-state index contributed by atoms with van der Waals surface area (Å²) < 4.78 is 0. The van der Waals surface area contributed by atoms with E-state index >= 15 is 0 Å². The molecule has 3 N–H and O–H groups in total. The molecule has 0 aromatic carbocycles. The van der Waals surface area contributed by atoms with Crippen LogP contribution in [0.5, 0.6) is 0 Å². The van der Waals surface area contributed by atoms with Crippen molar-refractivity contribution in [2.75, 3.05) is 0 Å². The molecule has 0 aliphatic carbocycles. The van der Waals surface area contributed by atoms with E-state index in [4.69, 9.17) is 5.73 Å². The number of rotatable bonds is 2. The van der Waals surface area contributed by atoms with Crippen molar-refractivity contribution in [2.24, 2.45) is 11.7 Å². The molecule has 1 rings (SSSR count). The fourth-order valence-corrected chi connectivity index (χ4v) is 1.01. The van der Waals surface area contributed by atoms with Crippen molar-refractivity contribution in [3.05, 3.63) is 34.2 Å². The van der Waals surface area contributed by atoms with E-state index in [0.717, 1.165) is 5.56 Å². The molecule has 0 amide bonds. The molecule has 0 aliphatic heterocycles. The highest BCUT2D eigenvalue weighted by Gasteiger charge is 2.09. The summed E-state index contributed by atoms with van der Waals surface area (Å²) in [5, 5.41) is 0. The van der Waals surface area contributed by atoms with Gasteiger partial charge in [0.1, 0.15) is 0 Å². The number of hydrogen-bond donors (Lipinski definition) is 2. The number of H-pyrrole nitrogens is 1. The molecule has 0 spiro atoms. The van der Waals surface area contributed by atoms with Gasteiger partial charge in [0.15, 0.2) is 0 Å². The zero-order valence-electron chi connectivity index (χ0n) is 7.37. The highest BCUT2D eigenvalue weighted by Crippen LogP contribution is 2.15. The molecule has 1 aromatic rings. The van der Waals surface area contributed by atoms with Crippen LogP contribution in [0.1, 0.15) is 25.5 Å². The molecule has 1 atom stereocenters. The molecule has 3 heteroatoms. The monoisotopic (exact) mass is 166 g/mol.